The van der Waals surface area contributed by atoms with Gasteiger partial charge in [0.15, 0.2) is 0 Å². The number of rotatable bonds is 6. The second-order valence-electron chi connectivity index (χ2n) is 7.21. The molecule has 162 valence electrons. The monoisotopic (exact) mass is 424 g/mol. The summed E-state index contributed by atoms with van der Waals surface area (Å²) in [5.74, 6) is -0.363. The Bertz CT molecular complexity index is 799. The van der Waals surface area contributed by atoms with Gasteiger partial charge in [-0.2, -0.15) is 0 Å². The summed E-state index contributed by atoms with van der Waals surface area (Å²) in [5.41, 5.74) is 0. The number of benzene rings is 1. The molecule has 1 aliphatic carbocycles. The van der Waals surface area contributed by atoms with Crippen LogP contribution in [0.4, 0.5) is 13.2 Å². The van der Waals surface area contributed by atoms with Gasteiger partial charge in [-0.1, -0.05) is 18.7 Å². The molecular formula is C21H23F3N2O4. The zero-order chi connectivity index (χ0) is 21.7. The van der Waals surface area contributed by atoms with Gasteiger partial charge in [-0.3, -0.25) is 9.59 Å². The van der Waals surface area contributed by atoms with Crippen LogP contribution in [0, 0.1) is 5.92 Å². The summed E-state index contributed by atoms with van der Waals surface area (Å²) in [6, 6.07) is 5.10. The number of ether oxygens (including phenoxy) is 2. The summed E-state index contributed by atoms with van der Waals surface area (Å²) in [7, 11) is 0. The molecule has 1 heterocycles. The van der Waals surface area contributed by atoms with E-state index in [1.165, 1.54) is 30.3 Å². The van der Waals surface area contributed by atoms with Gasteiger partial charge in [-0.05, 0) is 36.8 Å². The lowest BCUT2D eigenvalue weighted by atomic mass is 10.0. The Labute approximate surface area is 172 Å². The Morgan fingerprint density at radius 2 is 1.73 bits per heavy atom. The van der Waals surface area contributed by atoms with Gasteiger partial charge in [0.2, 0.25) is 11.8 Å². The molecule has 0 radical (unpaired) electrons. The standard InChI is InChI=1S/C21H23F3N2O4/c1-2-19(27)25-15-4-3-14(13-15)20(28)26-11-9-17(10-12-26)29-16-5-7-18(8-6-16)30-21(22,23)24/h2-8,14-15,17H,1,9-13H2,(H,25,27)/t14-,15+/m1/s1. The van der Waals surface area contributed by atoms with Crippen molar-refractivity contribution in [1.82, 2.24) is 10.2 Å². The number of carbonyl (C=O) groups is 2. The van der Waals surface area contributed by atoms with E-state index in [-0.39, 0.29) is 35.6 Å². The minimum atomic E-state index is -4.73. The van der Waals surface area contributed by atoms with Gasteiger partial charge in [-0.25, -0.2) is 0 Å². The third-order valence-electron chi connectivity index (χ3n) is 5.03. The molecule has 1 aromatic rings. The fraction of sp³-hybridized carbons (Fsp3) is 0.429. The van der Waals surface area contributed by atoms with Crippen molar-refractivity contribution in [3.63, 3.8) is 0 Å². The Kier molecular flexibility index (Phi) is 6.69. The number of piperidine rings is 1. The zero-order valence-electron chi connectivity index (χ0n) is 16.2. The number of halogens is 3. The molecule has 1 saturated heterocycles. The minimum Gasteiger partial charge on any atom is -0.490 e. The average molecular weight is 424 g/mol. The molecule has 0 spiro atoms. The third-order valence-corrected chi connectivity index (χ3v) is 5.03. The van der Waals surface area contributed by atoms with Crippen molar-refractivity contribution in [1.29, 1.82) is 0 Å². The largest absolute Gasteiger partial charge is 0.573 e. The first-order valence-electron chi connectivity index (χ1n) is 9.66. The molecule has 0 unspecified atom stereocenters. The number of nitrogens with zero attached hydrogens (tertiary/aromatic N) is 1. The van der Waals surface area contributed by atoms with Gasteiger partial charge in [0.05, 0.1) is 5.92 Å². The Hall–Kier alpha value is -2.97. The van der Waals surface area contributed by atoms with Crippen molar-refractivity contribution >= 4 is 11.8 Å². The van der Waals surface area contributed by atoms with E-state index in [4.69, 9.17) is 4.74 Å². The number of hydrogen-bond acceptors (Lipinski definition) is 4. The first kappa shape index (κ1) is 21.7. The molecule has 6 nitrogen and oxygen atoms in total. The molecule has 9 heteroatoms. The second kappa shape index (κ2) is 9.23. The molecule has 0 aromatic heterocycles. The lowest BCUT2D eigenvalue weighted by molar-refractivity contribution is -0.274. The van der Waals surface area contributed by atoms with Crippen LogP contribution in [0.2, 0.25) is 0 Å². The SMILES string of the molecule is C=CC(=O)N[C@H]1C=C[C@@H](C(=O)N2CCC(Oc3ccc(OC(F)(F)F)cc3)CC2)C1. The smallest absolute Gasteiger partial charge is 0.490 e. The molecule has 1 fully saturated rings. The highest BCUT2D eigenvalue weighted by atomic mass is 19.4. The topological polar surface area (TPSA) is 67.9 Å². The Morgan fingerprint density at radius 1 is 1.10 bits per heavy atom. The molecule has 2 aliphatic rings. The van der Waals surface area contributed by atoms with Crippen molar-refractivity contribution in [2.45, 2.75) is 37.8 Å². The fourth-order valence-corrected chi connectivity index (χ4v) is 3.57. The molecule has 30 heavy (non-hydrogen) atoms. The van der Waals surface area contributed by atoms with E-state index in [1.807, 2.05) is 12.2 Å². The molecule has 1 aromatic carbocycles. The molecule has 3 rings (SSSR count). The second-order valence-corrected chi connectivity index (χ2v) is 7.21. The van der Waals surface area contributed by atoms with Crippen LogP contribution in [0.1, 0.15) is 19.3 Å². The van der Waals surface area contributed by atoms with Crippen molar-refractivity contribution < 1.29 is 32.2 Å². The van der Waals surface area contributed by atoms with Crippen molar-refractivity contribution in [2.75, 3.05) is 13.1 Å². The number of amides is 2. The maximum atomic E-state index is 12.7. The van der Waals surface area contributed by atoms with Crippen LogP contribution in [0.15, 0.2) is 49.1 Å². The first-order chi connectivity index (χ1) is 14.2. The van der Waals surface area contributed by atoms with Crippen LogP contribution in [-0.4, -0.2) is 48.3 Å². The van der Waals surface area contributed by atoms with Gasteiger partial charge in [0.25, 0.3) is 0 Å². The van der Waals surface area contributed by atoms with Crippen molar-refractivity contribution in [3.8, 4) is 11.5 Å². The Morgan fingerprint density at radius 3 is 2.33 bits per heavy atom. The molecule has 1 N–H and O–H groups in total. The number of nitrogens with one attached hydrogen (secondary N) is 1. The summed E-state index contributed by atoms with van der Waals surface area (Å²) >= 11 is 0. The summed E-state index contributed by atoms with van der Waals surface area (Å²) in [6.45, 7) is 4.48. The molecular weight excluding hydrogens is 401 g/mol. The van der Waals surface area contributed by atoms with Gasteiger partial charge in [0.1, 0.15) is 17.6 Å². The zero-order valence-corrected chi connectivity index (χ0v) is 16.2. The number of likely N-dealkylation sites (tertiary alicyclic amines) is 1. The lowest BCUT2D eigenvalue weighted by Gasteiger charge is -2.33. The normalized spacial score (nSPS) is 21.9. The van der Waals surface area contributed by atoms with Crippen molar-refractivity contribution in [3.05, 3.63) is 49.1 Å². The highest BCUT2D eigenvalue weighted by Gasteiger charge is 2.32. The number of carbonyl (C=O) groups excluding carboxylic acids is 2. The van der Waals surface area contributed by atoms with E-state index in [9.17, 15) is 22.8 Å². The van der Waals surface area contributed by atoms with Crippen LogP contribution in [0.25, 0.3) is 0 Å². The average Bonchev–Trinajstić information content (AvgIpc) is 3.16. The molecule has 2 atom stereocenters. The fourth-order valence-electron chi connectivity index (χ4n) is 3.57. The van der Waals surface area contributed by atoms with Gasteiger partial charge < -0.3 is 19.7 Å². The summed E-state index contributed by atoms with van der Waals surface area (Å²) < 4.78 is 46.3. The summed E-state index contributed by atoms with van der Waals surface area (Å²) in [4.78, 5) is 25.9. The highest BCUT2D eigenvalue weighted by molar-refractivity contribution is 5.87. The van der Waals surface area contributed by atoms with Crippen molar-refractivity contribution in [2.24, 2.45) is 5.92 Å². The minimum absolute atomic E-state index is 0.0219. The van der Waals surface area contributed by atoms with Crippen LogP contribution < -0.4 is 14.8 Å². The maximum absolute atomic E-state index is 12.7. The van der Waals surface area contributed by atoms with Crippen LogP contribution in [-0.2, 0) is 9.59 Å². The van der Waals surface area contributed by atoms with E-state index in [0.717, 1.165) is 0 Å². The molecule has 2 amide bonds. The quantitative estimate of drug-likeness (QED) is 0.563. The number of alkyl halides is 3. The van der Waals surface area contributed by atoms with E-state index >= 15 is 0 Å². The highest BCUT2D eigenvalue weighted by Crippen LogP contribution is 2.27. The predicted octanol–water partition coefficient (Wildman–Crippen LogP) is 3.20. The third kappa shape index (κ3) is 6.01. The lowest BCUT2D eigenvalue weighted by Crippen LogP contribution is -2.44. The van der Waals surface area contributed by atoms with E-state index in [0.29, 0.717) is 38.1 Å². The molecule has 0 bridgehead atoms. The predicted molar refractivity (Wildman–Crippen MR) is 103 cm³/mol. The van der Waals surface area contributed by atoms with E-state index in [1.54, 1.807) is 4.90 Å². The van der Waals surface area contributed by atoms with E-state index < -0.39 is 6.36 Å². The maximum Gasteiger partial charge on any atom is 0.573 e. The molecule has 0 saturated carbocycles. The van der Waals surface area contributed by atoms with Gasteiger partial charge >= 0.3 is 6.36 Å². The molecule has 1 aliphatic heterocycles. The van der Waals surface area contributed by atoms with Crippen LogP contribution in [0.5, 0.6) is 11.5 Å². The summed E-state index contributed by atoms with van der Waals surface area (Å²) in [6.07, 6.45) is 1.77. The Balaban J connectivity index is 1.44. The number of hydrogen-bond donors (Lipinski definition) is 1. The summed E-state index contributed by atoms with van der Waals surface area (Å²) in [5, 5.41) is 2.76. The van der Waals surface area contributed by atoms with Gasteiger partial charge in [-0.15, -0.1) is 13.2 Å². The van der Waals surface area contributed by atoms with Crippen LogP contribution in [0.3, 0.4) is 0 Å². The first-order valence-corrected chi connectivity index (χ1v) is 9.66. The van der Waals surface area contributed by atoms with Crippen LogP contribution >= 0.6 is 0 Å². The van der Waals surface area contributed by atoms with E-state index in [2.05, 4.69) is 16.6 Å². The van der Waals surface area contributed by atoms with Gasteiger partial charge in [0, 0.05) is 32.0 Å².